The number of aliphatic carboxylic acids is 3. The van der Waals surface area contributed by atoms with Gasteiger partial charge in [0.15, 0.2) is 0 Å². The third-order valence-electron chi connectivity index (χ3n) is 6.78. The SMILES string of the molecule is CCCCCCCCCCCCCCCC/C=C/C[N+](CCC(=O)O)(CCC(=O)O)CCC(=O)O. The molecule has 0 aliphatic rings. The van der Waals surface area contributed by atoms with Crippen molar-refractivity contribution in [3.8, 4) is 0 Å². The number of quaternary nitrogens is 1. The Morgan fingerprint density at radius 1 is 0.543 bits per heavy atom. The summed E-state index contributed by atoms with van der Waals surface area (Å²) in [5.41, 5.74) is 0. The van der Waals surface area contributed by atoms with Crippen LogP contribution in [0.1, 0.15) is 122 Å². The van der Waals surface area contributed by atoms with Gasteiger partial charge in [0, 0.05) is 0 Å². The summed E-state index contributed by atoms with van der Waals surface area (Å²) >= 11 is 0. The Bertz CT molecular complexity index is 544. The zero-order valence-corrected chi connectivity index (χ0v) is 22.2. The van der Waals surface area contributed by atoms with E-state index in [-0.39, 0.29) is 43.4 Å². The number of rotatable bonds is 26. The maximum Gasteiger partial charge on any atom is 0.309 e. The third-order valence-corrected chi connectivity index (χ3v) is 6.78. The van der Waals surface area contributed by atoms with E-state index in [0.29, 0.717) is 6.54 Å². The molecular formula is C28H52NO6+. The highest BCUT2D eigenvalue weighted by Gasteiger charge is 2.28. The van der Waals surface area contributed by atoms with E-state index in [9.17, 15) is 14.4 Å². The Kier molecular flexibility index (Phi) is 21.3. The Balaban J connectivity index is 4.11. The number of unbranched alkanes of at least 4 members (excludes halogenated alkanes) is 14. The summed E-state index contributed by atoms with van der Waals surface area (Å²) in [6.07, 6.45) is 23.2. The fourth-order valence-corrected chi connectivity index (χ4v) is 4.48. The van der Waals surface area contributed by atoms with Gasteiger partial charge in [-0.2, -0.15) is 0 Å². The lowest BCUT2D eigenvalue weighted by Gasteiger charge is -2.37. The van der Waals surface area contributed by atoms with Crippen LogP contribution in [0, 0.1) is 0 Å². The Morgan fingerprint density at radius 3 is 1.23 bits per heavy atom. The van der Waals surface area contributed by atoms with E-state index < -0.39 is 17.9 Å². The van der Waals surface area contributed by atoms with Crippen LogP contribution in [0.5, 0.6) is 0 Å². The van der Waals surface area contributed by atoms with Crippen molar-refractivity contribution in [2.24, 2.45) is 0 Å². The quantitative estimate of drug-likeness (QED) is 0.0699. The minimum atomic E-state index is -0.954. The third kappa shape index (κ3) is 22.3. The van der Waals surface area contributed by atoms with Gasteiger partial charge >= 0.3 is 17.9 Å². The number of carboxylic acid groups (broad SMARTS) is 3. The summed E-state index contributed by atoms with van der Waals surface area (Å²) in [4.78, 5) is 33.3. The Morgan fingerprint density at radius 2 is 0.886 bits per heavy atom. The van der Waals surface area contributed by atoms with Crippen LogP contribution < -0.4 is 0 Å². The zero-order chi connectivity index (χ0) is 26.2. The second-order valence-electron chi connectivity index (χ2n) is 9.98. The number of carboxylic acids is 3. The van der Waals surface area contributed by atoms with Crippen LogP contribution in [0.2, 0.25) is 0 Å². The van der Waals surface area contributed by atoms with E-state index in [0.717, 1.165) is 12.8 Å². The molecule has 0 aromatic heterocycles. The highest BCUT2D eigenvalue weighted by atomic mass is 16.4. The van der Waals surface area contributed by atoms with Gasteiger partial charge in [0.25, 0.3) is 0 Å². The monoisotopic (exact) mass is 498 g/mol. The number of hydrogen-bond donors (Lipinski definition) is 3. The largest absolute Gasteiger partial charge is 0.481 e. The van der Waals surface area contributed by atoms with Crippen molar-refractivity contribution in [2.75, 3.05) is 26.2 Å². The molecule has 7 nitrogen and oxygen atoms in total. The average Bonchev–Trinajstić information content (AvgIpc) is 2.81. The Labute approximate surface area is 213 Å². The standard InChI is InChI=1S/C28H51NO6/c1-2-3-4-5-6-7-8-9-10-11-12-13-14-15-16-17-18-22-29(23-19-26(30)31,24-20-27(32)33)25-21-28(34)35/h17-18H,2-16,19-25H2,1H3,(H2-,30,31,32,33,34,35)/p+1/b18-17+. The van der Waals surface area contributed by atoms with E-state index >= 15 is 0 Å². The van der Waals surface area contributed by atoms with Gasteiger partial charge in [-0.15, -0.1) is 0 Å². The fourth-order valence-electron chi connectivity index (χ4n) is 4.48. The topological polar surface area (TPSA) is 112 Å². The molecule has 0 spiro atoms. The molecule has 0 atom stereocenters. The summed E-state index contributed by atoms with van der Waals surface area (Å²) in [5.74, 6) is -2.86. The summed E-state index contributed by atoms with van der Waals surface area (Å²) in [5, 5.41) is 27.3. The van der Waals surface area contributed by atoms with E-state index in [1.165, 1.54) is 83.5 Å². The zero-order valence-electron chi connectivity index (χ0n) is 22.2. The first-order valence-corrected chi connectivity index (χ1v) is 14.0. The molecule has 0 rings (SSSR count). The molecule has 7 heteroatoms. The highest BCUT2D eigenvalue weighted by molar-refractivity contribution is 5.67. The summed E-state index contributed by atoms with van der Waals surface area (Å²) in [6, 6.07) is 0. The number of allylic oxidation sites excluding steroid dienone is 1. The molecule has 0 fully saturated rings. The second-order valence-corrected chi connectivity index (χ2v) is 9.98. The van der Waals surface area contributed by atoms with Gasteiger partial charge in [-0.3, -0.25) is 14.4 Å². The summed E-state index contributed by atoms with van der Waals surface area (Å²) < 4.78 is 0.181. The number of nitrogens with zero attached hydrogens (tertiary/aromatic N) is 1. The molecule has 204 valence electrons. The van der Waals surface area contributed by atoms with E-state index in [1.54, 1.807) is 0 Å². The second kappa shape index (κ2) is 22.6. The highest BCUT2D eigenvalue weighted by Crippen LogP contribution is 2.15. The van der Waals surface area contributed by atoms with Gasteiger partial charge in [-0.1, -0.05) is 96.5 Å². The fraction of sp³-hybridized carbons (Fsp3) is 0.821. The van der Waals surface area contributed by atoms with Crippen molar-refractivity contribution >= 4 is 17.9 Å². The molecule has 0 saturated heterocycles. The number of hydrogen-bond acceptors (Lipinski definition) is 3. The lowest BCUT2D eigenvalue weighted by atomic mass is 10.0. The molecule has 0 aliphatic carbocycles. The molecule has 0 unspecified atom stereocenters. The van der Waals surface area contributed by atoms with Crippen LogP contribution in [0.15, 0.2) is 12.2 Å². The maximum absolute atomic E-state index is 11.1. The molecule has 3 N–H and O–H groups in total. The lowest BCUT2D eigenvalue weighted by molar-refractivity contribution is -0.921. The molecule has 0 amide bonds. The van der Waals surface area contributed by atoms with Crippen LogP contribution in [0.25, 0.3) is 0 Å². The van der Waals surface area contributed by atoms with Crippen LogP contribution in [0.4, 0.5) is 0 Å². The van der Waals surface area contributed by atoms with Crippen molar-refractivity contribution in [1.29, 1.82) is 0 Å². The minimum absolute atomic E-state index is 0.105. The van der Waals surface area contributed by atoms with Crippen molar-refractivity contribution in [1.82, 2.24) is 0 Å². The van der Waals surface area contributed by atoms with Crippen molar-refractivity contribution in [2.45, 2.75) is 122 Å². The maximum atomic E-state index is 11.1. The normalized spacial score (nSPS) is 11.8. The molecule has 0 aliphatic heterocycles. The summed E-state index contributed by atoms with van der Waals surface area (Å²) in [6.45, 7) is 3.43. The molecular weight excluding hydrogens is 446 g/mol. The minimum Gasteiger partial charge on any atom is -0.481 e. The Hall–Kier alpha value is -1.89. The smallest absolute Gasteiger partial charge is 0.309 e. The van der Waals surface area contributed by atoms with E-state index in [2.05, 4.69) is 13.0 Å². The first kappa shape index (κ1) is 33.1. The first-order chi connectivity index (χ1) is 16.8. The van der Waals surface area contributed by atoms with Gasteiger partial charge in [0.1, 0.15) is 0 Å². The molecule has 35 heavy (non-hydrogen) atoms. The van der Waals surface area contributed by atoms with Crippen LogP contribution in [-0.4, -0.2) is 63.9 Å². The van der Waals surface area contributed by atoms with E-state index in [1.807, 2.05) is 6.08 Å². The van der Waals surface area contributed by atoms with Crippen molar-refractivity contribution in [3.05, 3.63) is 12.2 Å². The molecule has 0 saturated carbocycles. The molecule has 0 aromatic rings. The van der Waals surface area contributed by atoms with Crippen molar-refractivity contribution < 1.29 is 34.2 Å². The van der Waals surface area contributed by atoms with Crippen LogP contribution >= 0.6 is 0 Å². The van der Waals surface area contributed by atoms with Gasteiger partial charge in [-0.25, -0.2) is 0 Å². The molecule has 0 heterocycles. The van der Waals surface area contributed by atoms with Gasteiger partial charge in [0.2, 0.25) is 0 Å². The van der Waals surface area contributed by atoms with Gasteiger partial charge < -0.3 is 19.8 Å². The number of carbonyl (C=O) groups is 3. The summed E-state index contributed by atoms with van der Waals surface area (Å²) in [7, 11) is 0. The first-order valence-electron chi connectivity index (χ1n) is 14.0. The van der Waals surface area contributed by atoms with Gasteiger partial charge in [0.05, 0.1) is 45.4 Å². The van der Waals surface area contributed by atoms with E-state index in [4.69, 9.17) is 15.3 Å². The van der Waals surface area contributed by atoms with Crippen LogP contribution in [0.3, 0.4) is 0 Å². The lowest BCUT2D eigenvalue weighted by Crippen LogP contribution is -2.51. The molecule has 0 aromatic carbocycles. The molecule has 0 radical (unpaired) electrons. The van der Waals surface area contributed by atoms with Crippen LogP contribution in [-0.2, 0) is 14.4 Å². The molecule has 0 bridgehead atoms. The predicted octanol–water partition coefficient (Wildman–Crippen LogP) is 6.65. The van der Waals surface area contributed by atoms with Gasteiger partial charge in [-0.05, 0) is 18.9 Å². The average molecular weight is 499 g/mol. The van der Waals surface area contributed by atoms with Crippen molar-refractivity contribution in [3.63, 3.8) is 0 Å². The predicted molar refractivity (Wildman–Crippen MR) is 141 cm³/mol.